The van der Waals surface area contributed by atoms with Gasteiger partial charge < -0.3 is 20.4 Å². The van der Waals surface area contributed by atoms with E-state index in [0.717, 1.165) is 46.6 Å². The van der Waals surface area contributed by atoms with E-state index in [-0.39, 0.29) is 4.90 Å². The molecule has 0 aliphatic carbocycles. The maximum absolute atomic E-state index is 11.3. The van der Waals surface area contributed by atoms with Crippen molar-refractivity contribution in [3.63, 3.8) is 0 Å². The average molecular weight is 410 g/mol. The third-order valence-electron chi connectivity index (χ3n) is 4.82. The summed E-state index contributed by atoms with van der Waals surface area (Å²) < 4.78 is 30.7. The van der Waals surface area contributed by atoms with Gasteiger partial charge in [0.05, 0.1) is 29.3 Å². The number of ether oxygens (including phenoxy) is 1. The largest absolute Gasteiger partial charge is 0.491 e. The van der Waals surface area contributed by atoms with E-state index >= 15 is 0 Å². The molecule has 0 atom stereocenters. The fraction of sp³-hybridized carbons (Fsp3) is 0.238. The van der Waals surface area contributed by atoms with E-state index in [2.05, 4.69) is 33.9 Å². The highest BCUT2D eigenvalue weighted by molar-refractivity contribution is 7.89. The number of hydrogen-bond acceptors (Lipinski definition) is 5. The Balaban J connectivity index is 1.54. The number of nitrogens with one attached hydrogen (secondary N) is 1. The molecule has 0 bridgehead atoms. The second-order valence-electron chi connectivity index (χ2n) is 6.84. The number of benzene rings is 2. The first-order valence-corrected chi connectivity index (χ1v) is 10.8. The van der Waals surface area contributed by atoms with Crippen LogP contribution in [0.15, 0.2) is 47.4 Å². The van der Waals surface area contributed by atoms with Crippen LogP contribution >= 0.6 is 0 Å². The molecule has 2 heterocycles. The van der Waals surface area contributed by atoms with Gasteiger partial charge in [0.2, 0.25) is 10.0 Å². The summed E-state index contributed by atoms with van der Waals surface area (Å²) in [7, 11) is -3.68. The highest BCUT2D eigenvalue weighted by atomic mass is 32.2. The van der Waals surface area contributed by atoms with Gasteiger partial charge in [-0.3, -0.25) is 0 Å². The summed E-state index contributed by atoms with van der Waals surface area (Å²) >= 11 is 0. The zero-order valence-corrected chi connectivity index (χ0v) is 16.6. The molecule has 7 nitrogen and oxygen atoms in total. The minimum atomic E-state index is -3.68. The van der Waals surface area contributed by atoms with Crippen LogP contribution in [-0.4, -0.2) is 26.1 Å². The topological polar surface area (TPSA) is 112 Å². The Hall–Kier alpha value is -2.99. The number of nitrogens with two attached hydrogens (primary N) is 2. The Bertz CT molecular complexity index is 1220. The summed E-state index contributed by atoms with van der Waals surface area (Å²) in [5, 5.41) is 9.35. The molecule has 29 heavy (non-hydrogen) atoms. The van der Waals surface area contributed by atoms with E-state index in [4.69, 9.17) is 15.6 Å². The number of aromatic nitrogens is 1. The van der Waals surface area contributed by atoms with Crippen LogP contribution in [0.3, 0.4) is 0 Å². The lowest BCUT2D eigenvalue weighted by Crippen LogP contribution is -2.12. The highest BCUT2D eigenvalue weighted by Crippen LogP contribution is 2.32. The molecule has 1 aromatic heterocycles. The first-order valence-electron chi connectivity index (χ1n) is 9.30. The first-order chi connectivity index (χ1) is 14.0. The van der Waals surface area contributed by atoms with Crippen molar-refractivity contribution in [3.8, 4) is 17.6 Å². The van der Waals surface area contributed by atoms with Crippen molar-refractivity contribution in [1.82, 2.24) is 4.57 Å². The van der Waals surface area contributed by atoms with Gasteiger partial charge in [0, 0.05) is 24.2 Å². The average Bonchev–Trinajstić information content (AvgIpc) is 2.90. The molecule has 8 heteroatoms. The predicted molar refractivity (Wildman–Crippen MR) is 113 cm³/mol. The lowest BCUT2D eigenvalue weighted by atomic mass is 10.1. The van der Waals surface area contributed by atoms with E-state index in [1.807, 2.05) is 6.07 Å². The van der Waals surface area contributed by atoms with Crippen molar-refractivity contribution in [2.45, 2.75) is 24.4 Å². The van der Waals surface area contributed by atoms with Crippen LogP contribution in [0.5, 0.6) is 5.75 Å². The molecule has 150 valence electrons. The van der Waals surface area contributed by atoms with Gasteiger partial charge >= 0.3 is 0 Å². The summed E-state index contributed by atoms with van der Waals surface area (Å²) in [5.41, 5.74) is 9.63. The molecular weight excluding hydrogens is 388 g/mol. The highest BCUT2D eigenvalue weighted by Gasteiger charge is 2.16. The molecule has 0 radical (unpaired) electrons. The smallest absolute Gasteiger partial charge is 0.238 e. The fourth-order valence-electron chi connectivity index (χ4n) is 3.45. The number of anilines is 1. The molecule has 2 aromatic carbocycles. The van der Waals surface area contributed by atoms with E-state index in [0.29, 0.717) is 19.7 Å². The molecule has 1 aliphatic heterocycles. The molecule has 0 unspecified atom stereocenters. The molecule has 5 N–H and O–H groups in total. The molecule has 0 fully saturated rings. The van der Waals surface area contributed by atoms with E-state index < -0.39 is 10.0 Å². The van der Waals surface area contributed by atoms with Crippen molar-refractivity contribution >= 4 is 26.6 Å². The normalized spacial score (nSPS) is 13.3. The molecule has 0 amide bonds. The standard InChI is InChI=1S/C21H22N4O3S/c22-14-15-11-16-13-18(25-9-2-10-28-20(12-15)21(16)25)3-1-8-24-17-4-6-19(7-5-17)29(23,26)27/h4-7,11-13,24H,2,8-10,14,22H2,(H2,23,26,27). The van der Waals surface area contributed by atoms with Gasteiger partial charge in [0.25, 0.3) is 0 Å². The van der Waals surface area contributed by atoms with Crippen molar-refractivity contribution in [2.24, 2.45) is 10.9 Å². The Morgan fingerprint density at radius 3 is 2.69 bits per heavy atom. The number of sulfonamides is 1. The number of nitrogens with zero attached hydrogens (tertiary/aromatic N) is 1. The third-order valence-corrected chi connectivity index (χ3v) is 5.75. The Morgan fingerprint density at radius 1 is 1.17 bits per heavy atom. The fourth-order valence-corrected chi connectivity index (χ4v) is 3.96. The molecule has 0 spiro atoms. The maximum atomic E-state index is 11.3. The van der Waals surface area contributed by atoms with Gasteiger partial charge in [0.15, 0.2) is 0 Å². The van der Waals surface area contributed by atoms with E-state index in [1.54, 1.807) is 12.1 Å². The molecule has 0 saturated heterocycles. The van der Waals surface area contributed by atoms with Crippen molar-refractivity contribution in [1.29, 1.82) is 0 Å². The zero-order chi connectivity index (χ0) is 20.4. The van der Waals surface area contributed by atoms with Gasteiger partial charge in [-0.25, -0.2) is 13.6 Å². The summed E-state index contributed by atoms with van der Waals surface area (Å²) in [6.07, 6.45) is 0.916. The SMILES string of the molecule is NCc1cc2c3c(c1)cc(C#CCNc1ccc(S(N)(=O)=O)cc1)n3CCCO2. The van der Waals surface area contributed by atoms with Crippen LogP contribution in [0.1, 0.15) is 17.7 Å². The molecular formula is C21H22N4O3S. The van der Waals surface area contributed by atoms with Gasteiger partial charge in [-0.1, -0.05) is 5.92 Å². The number of aryl methyl sites for hydroxylation is 1. The van der Waals surface area contributed by atoms with Crippen molar-refractivity contribution in [3.05, 3.63) is 53.7 Å². The second kappa shape index (κ2) is 7.79. The van der Waals surface area contributed by atoms with E-state index in [1.165, 1.54) is 12.1 Å². The monoisotopic (exact) mass is 410 g/mol. The Labute approximate surface area is 169 Å². The van der Waals surface area contributed by atoms with Crippen LogP contribution < -0.4 is 20.9 Å². The van der Waals surface area contributed by atoms with Crippen LogP contribution in [0, 0.1) is 11.8 Å². The van der Waals surface area contributed by atoms with Gasteiger partial charge in [-0.2, -0.15) is 0 Å². The Kier molecular flexibility index (Phi) is 5.20. The Morgan fingerprint density at radius 2 is 1.97 bits per heavy atom. The van der Waals surface area contributed by atoms with Crippen molar-refractivity contribution < 1.29 is 13.2 Å². The number of rotatable bonds is 4. The predicted octanol–water partition coefficient (Wildman–Crippen LogP) is 1.99. The second-order valence-corrected chi connectivity index (χ2v) is 8.41. The van der Waals surface area contributed by atoms with Crippen LogP contribution in [0.4, 0.5) is 5.69 Å². The molecule has 1 aliphatic rings. The minimum absolute atomic E-state index is 0.0824. The van der Waals surface area contributed by atoms with Crippen LogP contribution in [-0.2, 0) is 23.1 Å². The molecule has 3 aromatic rings. The number of primary sulfonamides is 1. The van der Waals surface area contributed by atoms with Gasteiger partial charge in [-0.15, -0.1) is 0 Å². The quantitative estimate of drug-likeness (QED) is 0.570. The molecule has 4 rings (SSSR count). The van der Waals surface area contributed by atoms with Gasteiger partial charge in [0.1, 0.15) is 5.75 Å². The van der Waals surface area contributed by atoms with Crippen molar-refractivity contribution in [2.75, 3.05) is 18.5 Å². The van der Waals surface area contributed by atoms with Crippen LogP contribution in [0.25, 0.3) is 10.9 Å². The molecule has 0 saturated carbocycles. The van der Waals surface area contributed by atoms with Gasteiger partial charge in [-0.05, 0) is 60.4 Å². The minimum Gasteiger partial charge on any atom is -0.491 e. The number of hydrogen-bond donors (Lipinski definition) is 3. The lowest BCUT2D eigenvalue weighted by Gasteiger charge is -2.07. The summed E-state index contributed by atoms with van der Waals surface area (Å²) in [6, 6.07) is 12.4. The lowest BCUT2D eigenvalue weighted by molar-refractivity contribution is 0.315. The van der Waals surface area contributed by atoms with Crippen LogP contribution in [0.2, 0.25) is 0 Å². The van der Waals surface area contributed by atoms with E-state index in [9.17, 15) is 8.42 Å². The third kappa shape index (κ3) is 4.07. The zero-order valence-electron chi connectivity index (χ0n) is 15.8. The first kappa shape index (κ1) is 19.3. The summed E-state index contributed by atoms with van der Waals surface area (Å²) in [5.74, 6) is 7.23. The summed E-state index contributed by atoms with van der Waals surface area (Å²) in [6.45, 7) is 2.42. The maximum Gasteiger partial charge on any atom is 0.238 e. The summed E-state index contributed by atoms with van der Waals surface area (Å²) in [4.78, 5) is 0.0824.